The molecule has 0 saturated carbocycles. The molecule has 0 unspecified atom stereocenters. The topological polar surface area (TPSA) is 40.0 Å². The number of rotatable bonds is 8. The van der Waals surface area contributed by atoms with Crippen molar-refractivity contribution in [3.8, 4) is 0 Å². The van der Waals surface area contributed by atoms with E-state index in [1.165, 1.54) is 16.1 Å². The van der Waals surface area contributed by atoms with E-state index in [9.17, 15) is 0 Å². The number of nitrogens with zero attached hydrogens (tertiary/aromatic N) is 1. The van der Waals surface area contributed by atoms with E-state index < -0.39 is 8.32 Å². The standard InChI is InChI=1S/C27H35NO3Si/c1-5-18-29-26-24-16-17-28-25(24)19-21(31-26)20-30-32(27(2,3)4,22-12-8-6-9-13-22)23-14-10-7-11-15-23/h5-15,21,24,26H,1,16-20H2,2-4H3/t21-,24+,26-/m0/s1. The van der Waals surface area contributed by atoms with Crippen molar-refractivity contribution in [3.63, 3.8) is 0 Å². The molecular weight excluding hydrogens is 414 g/mol. The quantitative estimate of drug-likeness (QED) is 0.445. The van der Waals surface area contributed by atoms with E-state index in [-0.39, 0.29) is 23.4 Å². The zero-order valence-electron chi connectivity index (χ0n) is 19.5. The Hall–Kier alpha value is -2.05. The van der Waals surface area contributed by atoms with Crippen LogP contribution in [0.1, 0.15) is 33.6 Å². The van der Waals surface area contributed by atoms with Gasteiger partial charge in [0.25, 0.3) is 8.32 Å². The number of aliphatic imine (C=N–C) groups is 1. The maximum Gasteiger partial charge on any atom is 0.261 e. The molecule has 4 rings (SSSR count). The van der Waals surface area contributed by atoms with Crippen LogP contribution in [0.2, 0.25) is 5.04 Å². The van der Waals surface area contributed by atoms with Crippen LogP contribution >= 0.6 is 0 Å². The van der Waals surface area contributed by atoms with Crippen LogP contribution in [-0.4, -0.2) is 46.2 Å². The predicted octanol–water partition coefficient (Wildman–Crippen LogP) is 4.34. The second-order valence-electron chi connectivity index (χ2n) is 9.70. The molecular formula is C27H35NO3Si. The molecule has 0 amide bonds. The Labute approximate surface area is 193 Å². The lowest BCUT2D eigenvalue weighted by molar-refractivity contribution is -0.194. The Morgan fingerprint density at radius 3 is 2.25 bits per heavy atom. The lowest BCUT2D eigenvalue weighted by Crippen LogP contribution is -2.67. The molecule has 2 aliphatic rings. The highest BCUT2D eigenvalue weighted by molar-refractivity contribution is 6.99. The molecule has 2 aliphatic heterocycles. The third kappa shape index (κ3) is 4.53. The van der Waals surface area contributed by atoms with Crippen LogP contribution in [0, 0.1) is 5.92 Å². The summed E-state index contributed by atoms with van der Waals surface area (Å²) in [5, 5.41) is 2.51. The molecule has 1 saturated heterocycles. The average Bonchev–Trinajstić information content (AvgIpc) is 3.27. The van der Waals surface area contributed by atoms with Gasteiger partial charge in [-0.05, 0) is 21.8 Å². The summed E-state index contributed by atoms with van der Waals surface area (Å²) in [5.74, 6) is 0.263. The highest BCUT2D eigenvalue weighted by atomic mass is 28.4. The van der Waals surface area contributed by atoms with Crippen LogP contribution in [0.5, 0.6) is 0 Å². The molecule has 0 spiro atoms. The molecule has 32 heavy (non-hydrogen) atoms. The number of fused-ring (bicyclic) bond motifs is 1. The van der Waals surface area contributed by atoms with Crippen LogP contribution in [0.25, 0.3) is 0 Å². The molecule has 1 fully saturated rings. The Kier molecular flexibility index (Phi) is 7.10. The first-order valence-corrected chi connectivity index (χ1v) is 13.5. The Balaban J connectivity index is 1.64. The van der Waals surface area contributed by atoms with Gasteiger partial charge in [0.2, 0.25) is 0 Å². The number of ether oxygens (including phenoxy) is 2. The molecule has 0 N–H and O–H groups in total. The first-order chi connectivity index (χ1) is 15.5. The van der Waals surface area contributed by atoms with Crippen LogP contribution in [0.15, 0.2) is 78.3 Å². The molecule has 5 heteroatoms. The molecule has 3 atom stereocenters. The molecule has 0 bridgehead atoms. The molecule has 170 valence electrons. The van der Waals surface area contributed by atoms with Gasteiger partial charge in [-0.2, -0.15) is 0 Å². The summed E-state index contributed by atoms with van der Waals surface area (Å²) in [6.45, 7) is 12.5. The molecule has 2 aromatic rings. The zero-order valence-corrected chi connectivity index (χ0v) is 20.5. The third-order valence-corrected chi connectivity index (χ3v) is 11.6. The van der Waals surface area contributed by atoms with Gasteiger partial charge in [-0.1, -0.05) is 87.5 Å². The minimum Gasteiger partial charge on any atom is -0.405 e. The van der Waals surface area contributed by atoms with Gasteiger partial charge in [-0.25, -0.2) is 0 Å². The second kappa shape index (κ2) is 9.83. The second-order valence-corrected chi connectivity index (χ2v) is 14.0. The maximum atomic E-state index is 7.09. The number of hydrogen-bond donors (Lipinski definition) is 0. The number of benzene rings is 2. The summed E-state index contributed by atoms with van der Waals surface area (Å²) in [5.41, 5.74) is 1.22. The van der Waals surface area contributed by atoms with E-state index in [0.29, 0.717) is 13.2 Å². The molecule has 2 aromatic carbocycles. The van der Waals surface area contributed by atoms with E-state index >= 15 is 0 Å². The van der Waals surface area contributed by atoms with Crippen LogP contribution in [0.4, 0.5) is 0 Å². The van der Waals surface area contributed by atoms with Crippen molar-refractivity contribution in [1.82, 2.24) is 0 Å². The Morgan fingerprint density at radius 1 is 1.06 bits per heavy atom. The van der Waals surface area contributed by atoms with Gasteiger partial charge in [0, 0.05) is 24.6 Å². The van der Waals surface area contributed by atoms with Crippen molar-refractivity contribution >= 4 is 24.4 Å². The summed E-state index contributed by atoms with van der Waals surface area (Å²) >= 11 is 0. The van der Waals surface area contributed by atoms with Crippen molar-refractivity contribution in [2.24, 2.45) is 10.9 Å². The molecule has 4 nitrogen and oxygen atoms in total. The largest absolute Gasteiger partial charge is 0.405 e. The van der Waals surface area contributed by atoms with Crippen molar-refractivity contribution < 1.29 is 13.9 Å². The maximum absolute atomic E-state index is 7.09. The van der Waals surface area contributed by atoms with Gasteiger partial charge < -0.3 is 13.9 Å². The molecule has 0 aliphatic carbocycles. The van der Waals surface area contributed by atoms with Crippen molar-refractivity contribution in [1.29, 1.82) is 0 Å². The zero-order chi connectivity index (χ0) is 22.6. The van der Waals surface area contributed by atoms with Crippen molar-refractivity contribution in [3.05, 3.63) is 73.3 Å². The Bertz CT molecular complexity index is 883. The lowest BCUT2D eigenvalue weighted by Gasteiger charge is -2.44. The smallest absolute Gasteiger partial charge is 0.261 e. The minimum absolute atomic E-state index is 0.0590. The van der Waals surface area contributed by atoms with Gasteiger partial charge in [-0.15, -0.1) is 6.58 Å². The van der Waals surface area contributed by atoms with E-state index in [0.717, 1.165) is 19.4 Å². The summed E-state index contributed by atoms with van der Waals surface area (Å²) in [6.07, 6.45) is 3.25. The van der Waals surface area contributed by atoms with E-state index in [1.54, 1.807) is 6.08 Å². The summed E-state index contributed by atoms with van der Waals surface area (Å²) < 4.78 is 19.5. The first kappa shape index (κ1) is 23.1. The molecule has 0 aromatic heterocycles. The first-order valence-electron chi connectivity index (χ1n) is 11.6. The van der Waals surface area contributed by atoms with Gasteiger partial charge in [0.15, 0.2) is 6.29 Å². The third-order valence-electron chi connectivity index (χ3n) is 6.56. The SMILES string of the molecule is C=CCO[C@H]1O[C@H](CO[Si](c2ccccc2)(c2ccccc2)C(C)(C)C)CC2=NCC[C@H]21. The van der Waals surface area contributed by atoms with Crippen LogP contribution < -0.4 is 10.4 Å². The average molecular weight is 450 g/mol. The summed E-state index contributed by atoms with van der Waals surface area (Å²) in [6, 6.07) is 21.5. The van der Waals surface area contributed by atoms with Gasteiger partial charge >= 0.3 is 0 Å². The fourth-order valence-corrected chi connectivity index (χ4v) is 9.69. The lowest BCUT2D eigenvalue weighted by atomic mass is 9.94. The van der Waals surface area contributed by atoms with E-state index in [2.05, 4.69) is 88.0 Å². The normalized spacial score (nSPS) is 23.5. The van der Waals surface area contributed by atoms with Crippen molar-refractivity contribution in [2.45, 2.75) is 51.0 Å². The highest BCUT2D eigenvalue weighted by Crippen LogP contribution is 2.38. The summed E-state index contributed by atoms with van der Waals surface area (Å²) in [4.78, 5) is 4.76. The van der Waals surface area contributed by atoms with Crippen LogP contribution in [-0.2, 0) is 13.9 Å². The number of hydrogen-bond acceptors (Lipinski definition) is 4. The van der Waals surface area contributed by atoms with Gasteiger partial charge in [0.1, 0.15) is 0 Å². The van der Waals surface area contributed by atoms with E-state index in [4.69, 9.17) is 18.9 Å². The molecule has 0 radical (unpaired) electrons. The monoisotopic (exact) mass is 449 g/mol. The van der Waals surface area contributed by atoms with Gasteiger partial charge in [-0.3, -0.25) is 4.99 Å². The van der Waals surface area contributed by atoms with Crippen molar-refractivity contribution in [2.75, 3.05) is 19.8 Å². The minimum atomic E-state index is -2.59. The van der Waals surface area contributed by atoms with Gasteiger partial charge in [0.05, 0.1) is 19.3 Å². The van der Waals surface area contributed by atoms with E-state index in [1.807, 2.05) is 0 Å². The fourth-order valence-electron chi connectivity index (χ4n) is 5.10. The predicted molar refractivity (Wildman–Crippen MR) is 133 cm³/mol. The van der Waals surface area contributed by atoms with Crippen LogP contribution in [0.3, 0.4) is 0 Å². The molecule has 2 heterocycles. The highest BCUT2D eigenvalue weighted by Gasteiger charge is 2.51. The summed E-state index contributed by atoms with van der Waals surface area (Å²) in [7, 11) is -2.59. The Morgan fingerprint density at radius 2 is 1.69 bits per heavy atom. The fraction of sp³-hybridized carbons (Fsp3) is 0.444.